The molecule has 0 aliphatic carbocycles. The number of imide groups is 1. The lowest BCUT2D eigenvalue weighted by atomic mass is 10.1. The number of carbonyl (C=O) groups excluding carboxylic acids is 2. The second-order valence-electron chi connectivity index (χ2n) is 5.72. The maximum atomic E-state index is 12.6. The van der Waals surface area contributed by atoms with Gasteiger partial charge < -0.3 is 5.73 Å². The summed E-state index contributed by atoms with van der Waals surface area (Å²) < 4.78 is 0. The molecule has 1 saturated heterocycles. The minimum Gasteiger partial charge on any atom is -0.399 e. The predicted molar refractivity (Wildman–Crippen MR) is 93.5 cm³/mol. The smallest absolute Gasteiger partial charge is 0.247 e. The zero-order valence-electron chi connectivity index (χ0n) is 13.1. The zero-order chi connectivity index (χ0) is 16.6. The molecular weight excluding hydrogens is 308 g/mol. The molecule has 23 heavy (non-hydrogen) atoms. The van der Waals surface area contributed by atoms with Crippen LogP contribution in [0.25, 0.3) is 0 Å². The van der Waals surface area contributed by atoms with Gasteiger partial charge in [-0.1, -0.05) is 6.07 Å². The normalized spacial score (nSPS) is 17.8. The molecule has 0 radical (unpaired) electrons. The van der Waals surface area contributed by atoms with Gasteiger partial charge in [-0.25, -0.2) is 4.90 Å². The summed E-state index contributed by atoms with van der Waals surface area (Å²) in [6.45, 7) is 3.98. The van der Waals surface area contributed by atoms with E-state index in [4.69, 9.17) is 5.73 Å². The number of hydrogen-bond acceptors (Lipinski definition) is 4. The molecule has 2 N–H and O–H groups in total. The molecule has 3 rings (SSSR count). The fraction of sp³-hybridized carbons (Fsp3) is 0.222. The first-order valence-corrected chi connectivity index (χ1v) is 8.30. The van der Waals surface area contributed by atoms with Crippen molar-refractivity contribution >= 4 is 35.0 Å². The van der Waals surface area contributed by atoms with E-state index in [9.17, 15) is 9.59 Å². The highest BCUT2D eigenvalue weighted by molar-refractivity contribution is 8.00. The first-order chi connectivity index (χ1) is 11.0. The number of nitrogens with two attached hydrogens (primary N) is 1. The average Bonchev–Trinajstić information content (AvgIpc) is 2.79. The summed E-state index contributed by atoms with van der Waals surface area (Å²) >= 11 is 1.41. The van der Waals surface area contributed by atoms with Crippen LogP contribution in [0.15, 0.2) is 47.4 Å². The summed E-state index contributed by atoms with van der Waals surface area (Å²) in [5, 5.41) is -0.382. The number of anilines is 2. The van der Waals surface area contributed by atoms with Crippen LogP contribution < -0.4 is 10.6 Å². The van der Waals surface area contributed by atoms with Gasteiger partial charge >= 0.3 is 0 Å². The SMILES string of the molecule is Cc1ccc(N2C(=O)C[C@H](Sc3ccc(N)cc3)C2=O)cc1C. The quantitative estimate of drug-likeness (QED) is 0.694. The van der Waals surface area contributed by atoms with Gasteiger partial charge in [0.05, 0.1) is 10.9 Å². The fourth-order valence-electron chi connectivity index (χ4n) is 2.54. The number of carbonyl (C=O) groups is 2. The van der Waals surface area contributed by atoms with Crippen molar-refractivity contribution in [2.75, 3.05) is 10.6 Å². The molecule has 118 valence electrons. The Balaban J connectivity index is 1.82. The molecule has 0 spiro atoms. The molecule has 1 fully saturated rings. The third-order valence-electron chi connectivity index (χ3n) is 4.01. The Labute approximate surface area is 139 Å². The zero-order valence-corrected chi connectivity index (χ0v) is 13.9. The molecule has 0 aromatic heterocycles. The Hall–Kier alpha value is -2.27. The molecule has 4 nitrogen and oxygen atoms in total. The number of benzene rings is 2. The van der Waals surface area contributed by atoms with Gasteiger partial charge in [-0.2, -0.15) is 0 Å². The highest BCUT2D eigenvalue weighted by Crippen LogP contribution is 2.34. The molecule has 2 aromatic rings. The van der Waals surface area contributed by atoms with Crippen molar-refractivity contribution < 1.29 is 9.59 Å². The lowest BCUT2D eigenvalue weighted by Gasteiger charge is -2.16. The van der Waals surface area contributed by atoms with Crippen molar-refractivity contribution in [3.05, 3.63) is 53.6 Å². The van der Waals surface area contributed by atoms with Crippen LogP contribution in [0.2, 0.25) is 0 Å². The highest BCUT2D eigenvalue weighted by Gasteiger charge is 2.40. The molecule has 0 unspecified atom stereocenters. The van der Waals surface area contributed by atoms with Gasteiger partial charge in [-0.15, -0.1) is 11.8 Å². The van der Waals surface area contributed by atoms with Gasteiger partial charge in [-0.3, -0.25) is 9.59 Å². The molecule has 0 bridgehead atoms. The summed E-state index contributed by atoms with van der Waals surface area (Å²) in [6.07, 6.45) is 0.223. The van der Waals surface area contributed by atoms with E-state index in [0.717, 1.165) is 16.0 Å². The van der Waals surface area contributed by atoms with E-state index in [1.165, 1.54) is 16.7 Å². The summed E-state index contributed by atoms with van der Waals surface area (Å²) in [4.78, 5) is 27.2. The van der Waals surface area contributed by atoms with Crippen LogP contribution in [0.5, 0.6) is 0 Å². The maximum Gasteiger partial charge on any atom is 0.247 e. The Kier molecular flexibility index (Phi) is 4.13. The minimum atomic E-state index is -0.382. The highest BCUT2D eigenvalue weighted by atomic mass is 32.2. The van der Waals surface area contributed by atoms with Crippen molar-refractivity contribution in [2.24, 2.45) is 0 Å². The van der Waals surface area contributed by atoms with Crippen molar-refractivity contribution in [3.8, 4) is 0 Å². The maximum absolute atomic E-state index is 12.6. The van der Waals surface area contributed by atoms with E-state index < -0.39 is 0 Å². The second-order valence-corrected chi connectivity index (χ2v) is 6.99. The molecule has 1 heterocycles. The summed E-state index contributed by atoms with van der Waals surface area (Å²) in [5.41, 5.74) is 9.21. The van der Waals surface area contributed by atoms with Gasteiger partial charge in [0, 0.05) is 17.0 Å². The number of nitrogens with zero attached hydrogens (tertiary/aromatic N) is 1. The standard InChI is InChI=1S/C18H18N2O2S/c1-11-3-6-14(9-12(11)2)20-17(21)10-16(18(20)22)23-15-7-4-13(19)5-8-15/h3-9,16H,10,19H2,1-2H3/t16-/m0/s1. The summed E-state index contributed by atoms with van der Waals surface area (Å²) in [6, 6.07) is 13.0. The van der Waals surface area contributed by atoms with Crippen molar-refractivity contribution in [2.45, 2.75) is 30.4 Å². The molecule has 1 aliphatic rings. The Morgan fingerprint density at radius 1 is 1.04 bits per heavy atom. The summed E-state index contributed by atoms with van der Waals surface area (Å²) in [7, 11) is 0. The van der Waals surface area contributed by atoms with Crippen molar-refractivity contribution in [1.82, 2.24) is 0 Å². The van der Waals surface area contributed by atoms with Crippen LogP contribution in [0, 0.1) is 13.8 Å². The third kappa shape index (κ3) is 3.10. The van der Waals surface area contributed by atoms with Crippen LogP contribution in [-0.4, -0.2) is 17.1 Å². The third-order valence-corrected chi connectivity index (χ3v) is 5.21. The average molecular weight is 326 g/mol. The number of aryl methyl sites for hydroxylation is 2. The van der Waals surface area contributed by atoms with Gasteiger partial charge in [0.15, 0.2) is 0 Å². The van der Waals surface area contributed by atoms with Crippen LogP contribution in [0.4, 0.5) is 11.4 Å². The lowest BCUT2D eigenvalue weighted by Crippen LogP contribution is -2.31. The number of hydrogen-bond donors (Lipinski definition) is 1. The van der Waals surface area contributed by atoms with Crippen LogP contribution >= 0.6 is 11.8 Å². The Morgan fingerprint density at radius 2 is 1.74 bits per heavy atom. The van der Waals surface area contributed by atoms with Crippen LogP contribution in [-0.2, 0) is 9.59 Å². The topological polar surface area (TPSA) is 63.4 Å². The Morgan fingerprint density at radius 3 is 2.39 bits per heavy atom. The minimum absolute atomic E-state index is 0.147. The molecular formula is C18H18N2O2S. The molecule has 2 aromatic carbocycles. The predicted octanol–water partition coefficient (Wildman–Crippen LogP) is 3.31. The first-order valence-electron chi connectivity index (χ1n) is 7.42. The van der Waals surface area contributed by atoms with Gasteiger partial charge in [0.25, 0.3) is 0 Å². The molecule has 1 aliphatic heterocycles. The second kappa shape index (κ2) is 6.08. The van der Waals surface area contributed by atoms with E-state index in [-0.39, 0.29) is 23.5 Å². The van der Waals surface area contributed by atoms with Gasteiger partial charge in [-0.05, 0) is 61.4 Å². The molecule has 2 amide bonds. The van der Waals surface area contributed by atoms with E-state index >= 15 is 0 Å². The monoisotopic (exact) mass is 326 g/mol. The summed E-state index contributed by atoms with van der Waals surface area (Å²) in [5.74, 6) is -0.300. The molecule has 5 heteroatoms. The number of rotatable bonds is 3. The largest absolute Gasteiger partial charge is 0.399 e. The molecule has 1 atom stereocenters. The number of nitrogen functional groups attached to an aromatic ring is 1. The lowest BCUT2D eigenvalue weighted by molar-refractivity contribution is -0.121. The fourth-order valence-corrected chi connectivity index (χ4v) is 3.60. The number of thioether (sulfide) groups is 1. The molecule has 0 saturated carbocycles. The van der Waals surface area contributed by atoms with Crippen molar-refractivity contribution in [3.63, 3.8) is 0 Å². The Bertz CT molecular complexity index is 771. The van der Waals surface area contributed by atoms with E-state index in [0.29, 0.717) is 11.4 Å². The number of amides is 2. The van der Waals surface area contributed by atoms with Crippen LogP contribution in [0.1, 0.15) is 17.5 Å². The van der Waals surface area contributed by atoms with E-state index in [2.05, 4.69) is 0 Å². The van der Waals surface area contributed by atoms with Crippen molar-refractivity contribution in [1.29, 1.82) is 0 Å². The van der Waals surface area contributed by atoms with E-state index in [1.807, 2.05) is 44.2 Å². The first kappa shape index (κ1) is 15.6. The van der Waals surface area contributed by atoms with Gasteiger partial charge in [0.2, 0.25) is 11.8 Å². The van der Waals surface area contributed by atoms with Gasteiger partial charge in [0.1, 0.15) is 0 Å². The van der Waals surface area contributed by atoms with E-state index in [1.54, 1.807) is 12.1 Å². The van der Waals surface area contributed by atoms with Crippen LogP contribution in [0.3, 0.4) is 0 Å².